The van der Waals surface area contributed by atoms with Gasteiger partial charge >= 0.3 is 6.03 Å². The summed E-state index contributed by atoms with van der Waals surface area (Å²) in [5.41, 5.74) is 0.319. The fourth-order valence-electron chi connectivity index (χ4n) is 3.29. The standard InChI is InChI=1S/C18H25N5O3/c1-18(2)16(25)23(17(26)20-18)8-5-15(24)22-11-9-21(10-12-22)13-14-3-6-19-7-4-14/h3-4,6-7H,5,8-13H2,1-2H3,(H,20,26). The first kappa shape index (κ1) is 18.3. The summed E-state index contributed by atoms with van der Waals surface area (Å²) in [7, 11) is 0. The van der Waals surface area contributed by atoms with Gasteiger partial charge in [-0.2, -0.15) is 0 Å². The molecule has 8 nitrogen and oxygen atoms in total. The molecule has 26 heavy (non-hydrogen) atoms. The average Bonchev–Trinajstić information content (AvgIpc) is 2.82. The third kappa shape index (κ3) is 4.01. The number of nitrogens with one attached hydrogen (secondary N) is 1. The molecule has 1 aromatic rings. The van der Waals surface area contributed by atoms with Crippen molar-refractivity contribution < 1.29 is 14.4 Å². The second kappa shape index (κ2) is 7.41. The van der Waals surface area contributed by atoms with E-state index in [0.717, 1.165) is 24.5 Å². The molecule has 0 bridgehead atoms. The smallest absolute Gasteiger partial charge is 0.325 e. The van der Waals surface area contributed by atoms with Gasteiger partial charge in [-0.25, -0.2) is 4.79 Å². The van der Waals surface area contributed by atoms with E-state index in [9.17, 15) is 14.4 Å². The number of nitrogens with zero attached hydrogens (tertiary/aromatic N) is 4. The first-order valence-corrected chi connectivity index (χ1v) is 8.90. The van der Waals surface area contributed by atoms with Crippen molar-refractivity contribution in [2.24, 2.45) is 0 Å². The van der Waals surface area contributed by atoms with Gasteiger partial charge in [-0.3, -0.25) is 24.4 Å². The molecule has 2 fully saturated rings. The number of carbonyl (C=O) groups excluding carboxylic acids is 3. The van der Waals surface area contributed by atoms with E-state index in [1.54, 1.807) is 26.2 Å². The van der Waals surface area contributed by atoms with Crippen molar-refractivity contribution in [1.29, 1.82) is 0 Å². The van der Waals surface area contributed by atoms with Crippen molar-refractivity contribution in [1.82, 2.24) is 25.0 Å². The third-order valence-electron chi connectivity index (χ3n) is 4.87. The summed E-state index contributed by atoms with van der Waals surface area (Å²) >= 11 is 0. The number of aromatic nitrogens is 1. The second-order valence-electron chi connectivity index (χ2n) is 7.27. The topological polar surface area (TPSA) is 85.8 Å². The number of hydrogen-bond acceptors (Lipinski definition) is 5. The molecule has 8 heteroatoms. The van der Waals surface area contributed by atoms with Gasteiger partial charge in [-0.15, -0.1) is 0 Å². The maximum absolute atomic E-state index is 12.4. The van der Waals surface area contributed by atoms with Crippen LogP contribution in [0, 0.1) is 0 Å². The van der Waals surface area contributed by atoms with Gasteiger partial charge < -0.3 is 10.2 Å². The summed E-state index contributed by atoms with van der Waals surface area (Å²) < 4.78 is 0. The van der Waals surface area contributed by atoms with E-state index in [2.05, 4.69) is 15.2 Å². The maximum Gasteiger partial charge on any atom is 0.325 e. The van der Waals surface area contributed by atoms with Crippen LogP contribution in [-0.4, -0.2) is 75.8 Å². The molecule has 0 aromatic carbocycles. The molecule has 3 rings (SSSR count). The van der Waals surface area contributed by atoms with E-state index in [1.807, 2.05) is 17.0 Å². The molecule has 0 atom stereocenters. The van der Waals surface area contributed by atoms with Crippen LogP contribution in [-0.2, 0) is 16.1 Å². The quantitative estimate of drug-likeness (QED) is 0.772. The van der Waals surface area contributed by atoms with E-state index in [-0.39, 0.29) is 24.8 Å². The fraction of sp³-hybridized carbons (Fsp3) is 0.556. The lowest BCUT2D eigenvalue weighted by atomic mass is 10.1. The molecule has 1 N–H and O–H groups in total. The van der Waals surface area contributed by atoms with Crippen LogP contribution in [0.4, 0.5) is 4.79 Å². The van der Waals surface area contributed by atoms with Crippen LogP contribution in [0.5, 0.6) is 0 Å². The molecular formula is C18H25N5O3. The van der Waals surface area contributed by atoms with Gasteiger partial charge in [0, 0.05) is 58.1 Å². The molecule has 0 aliphatic carbocycles. The molecule has 2 aliphatic heterocycles. The summed E-state index contributed by atoms with van der Waals surface area (Å²) in [4.78, 5) is 45.7. The van der Waals surface area contributed by atoms with Crippen LogP contribution in [0.25, 0.3) is 0 Å². The van der Waals surface area contributed by atoms with Gasteiger partial charge in [0.15, 0.2) is 0 Å². The van der Waals surface area contributed by atoms with Crippen molar-refractivity contribution >= 4 is 17.8 Å². The van der Waals surface area contributed by atoms with Crippen molar-refractivity contribution in [3.8, 4) is 0 Å². The largest absolute Gasteiger partial charge is 0.340 e. The van der Waals surface area contributed by atoms with Crippen LogP contribution in [0.15, 0.2) is 24.5 Å². The Morgan fingerprint density at radius 1 is 1.15 bits per heavy atom. The number of rotatable bonds is 5. The summed E-state index contributed by atoms with van der Waals surface area (Å²) in [5, 5.41) is 2.63. The molecule has 3 heterocycles. The zero-order valence-electron chi connectivity index (χ0n) is 15.3. The van der Waals surface area contributed by atoms with Crippen molar-refractivity contribution in [3.63, 3.8) is 0 Å². The van der Waals surface area contributed by atoms with Crippen LogP contribution in [0.2, 0.25) is 0 Å². The highest BCUT2D eigenvalue weighted by molar-refractivity contribution is 6.06. The van der Waals surface area contributed by atoms with E-state index in [4.69, 9.17) is 0 Å². The minimum Gasteiger partial charge on any atom is -0.340 e. The molecule has 4 amide bonds. The Morgan fingerprint density at radius 2 is 1.81 bits per heavy atom. The summed E-state index contributed by atoms with van der Waals surface area (Å²) in [6, 6.07) is 3.57. The van der Waals surface area contributed by atoms with Gasteiger partial charge in [0.25, 0.3) is 5.91 Å². The lowest BCUT2D eigenvalue weighted by Gasteiger charge is -2.35. The maximum atomic E-state index is 12.4. The zero-order chi connectivity index (χ0) is 18.7. The van der Waals surface area contributed by atoms with Gasteiger partial charge in [-0.05, 0) is 31.5 Å². The summed E-state index contributed by atoms with van der Waals surface area (Å²) in [6.45, 7) is 7.25. The number of piperazine rings is 1. The second-order valence-corrected chi connectivity index (χ2v) is 7.27. The molecule has 0 radical (unpaired) electrons. The highest BCUT2D eigenvalue weighted by Gasteiger charge is 2.44. The van der Waals surface area contributed by atoms with Crippen LogP contribution in [0.3, 0.4) is 0 Å². The van der Waals surface area contributed by atoms with Crippen molar-refractivity contribution in [3.05, 3.63) is 30.1 Å². The predicted molar refractivity (Wildman–Crippen MR) is 95.0 cm³/mol. The molecule has 2 saturated heterocycles. The molecule has 0 unspecified atom stereocenters. The Kier molecular flexibility index (Phi) is 5.22. The highest BCUT2D eigenvalue weighted by Crippen LogP contribution is 2.17. The van der Waals surface area contributed by atoms with Crippen molar-refractivity contribution in [2.75, 3.05) is 32.7 Å². The Hall–Kier alpha value is -2.48. The SMILES string of the molecule is CC1(C)NC(=O)N(CCC(=O)N2CCN(Cc3ccncc3)CC2)C1=O. The first-order chi connectivity index (χ1) is 12.4. The Bertz CT molecular complexity index is 683. The zero-order valence-corrected chi connectivity index (χ0v) is 15.3. The highest BCUT2D eigenvalue weighted by atomic mass is 16.2. The van der Waals surface area contributed by atoms with E-state index in [0.29, 0.717) is 13.1 Å². The van der Waals surface area contributed by atoms with Crippen LogP contribution in [0.1, 0.15) is 25.8 Å². The van der Waals surface area contributed by atoms with Crippen LogP contribution < -0.4 is 5.32 Å². The Balaban J connectivity index is 1.44. The normalized spacial score (nSPS) is 20.4. The van der Waals surface area contributed by atoms with Crippen molar-refractivity contribution in [2.45, 2.75) is 32.4 Å². The van der Waals surface area contributed by atoms with E-state index < -0.39 is 11.6 Å². The number of hydrogen-bond donors (Lipinski definition) is 1. The number of imide groups is 1. The Morgan fingerprint density at radius 3 is 2.38 bits per heavy atom. The monoisotopic (exact) mass is 359 g/mol. The molecular weight excluding hydrogens is 334 g/mol. The minimum atomic E-state index is -0.890. The molecule has 0 saturated carbocycles. The van der Waals surface area contributed by atoms with Gasteiger partial charge in [-0.1, -0.05) is 0 Å². The number of pyridine rings is 1. The van der Waals surface area contributed by atoms with Gasteiger partial charge in [0.1, 0.15) is 5.54 Å². The number of urea groups is 1. The van der Waals surface area contributed by atoms with Gasteiger partial charge in [0.05, 0.1) is 0 Å². The minimum absolute atomic E-state index is 0.0149. The third-order valence-corrected chi connectivity index (χ3v) is 4.87. The molecule has 0 spiro atoms. The Labute approximate surface area is 153 Å². The molecule has 140 valence electrons. The number of amides is 4. The molecule has 2 aliphatic rings. The lowest BCUT2D eigenvalue weighted by Crippen LogP contribution is -2.49. The number of carbonyl (C=O) groups is 3. The van der Waals surface area contributed by atoms with E-state index in [1.165, 1.54) is 5.56 Å². The van der Waals surface area contributed by atoms with E-state index >= 15 is 0 Å². The summed E-state index contributed by atoms with van der Waals surface area (Å²) in [6.07, 6.45) is 3.73. The first-order valence-electron chi connectivity index (χ1n) is 8.90. The van der Waals surface area contributed by atoms with Crippen LogP contribution >= 0.6 is 0 Å². The fourth-order valence-corrected chi connectivity index (χ4v) is 3.29. The summed E-state index contributed by atoms with van der Waals surface area (Å²) in [5.74, 6) is -0.295. The van der Waals surface area contributed by atoms with Gasteiger partial charge in [0.2, 0.25) is 5.91 Å². The average molecular weight is 359 g/mol. The lowest BCUT2D eigenvalue weighted by molar-refractivity contribution is -0.134. The predicted octanol–water partition coefficient (Wildman–Crippen LogP) is 0.446. The molecule has 1 aromatic heterocycles.